The fourth-order valence-electron chi connectivity index (χ4n) is 2.45. The molecule has 0 unspecified atom stereocenters. The van der Waals surface area contributed by atoms with Crippen molar-refractivity contribution >= 4 is 17.5 Å². The molecule has 0 amide bonds. The summed E-state index contributed by atoms with van der Waals surface area (Å²) in [6.45, 7) is 4.14. The smallest absolute Gasteiger partial charge is 0.270 e. The Morgan fingerprint density at radius 1 is 1.25 bits per heavy atom. The van der Waals surface area contributed by atoms with Crippen LogP contribution in [0.1, 0.15) is 32.3 Å². The van der Waals surface area contributed by atoms with E-state index in [1.807, 2.05) is 12.2 Å². The minimum atomic E-state index is -0.413. The summed E-state index contributed by atoms with van der Waals surface area (Å²) in [7, 11) is 0. The van der Waals surface area contributed by atoms with E-state index in [9.17, 15) is 14.9 Å². The van der Waals surface area contributed by atoms with Crippen molar-refractivity contribution in [3.63, 3.8) is 0 Å². The third kappa shape index (κ3) is 3.63. The number of non-ortho nitro benzene ring substituents is 1. The first kappa shape index (κ1) is 14.2. The first-order chi connectivity index (χ1) is 9.35. The Morgan fingerprint density at radius 2 is 2.00 bits per heavy atom. The van der Waals surface area contributed by atoms with Gasteiger partial charge in [0.05, 0.1) is 4.92 Å². The number of rotatable bonds is 3. The summed E-state index contributed by atoms with van der Waals surface area (Å²) in [4.78, 5) is 21.9. The van der Waals surface area contributed by atoms with Crippen molar-refractivity contribution in [2.45, 2.75) is 26.7 Å². The van der Waals surface area contributed by atoms with Crippen LogP contribution >= 0.6 is 0 Å². The average molecular weight is 271 g/mol. The number of nitro benzene ring substituents is 1. The van der Waals surface area contributed by atoms with Gasteiger partial charge in [0.2, 0.25) is 0 Å². The lowest BCUT2D eigenvalue weighted by molar-refractivity contribution is -0.384. The highest BCUT2D eigenvalue weighted by molar-refractivity contribution is 5.92. The third-order valence-corrected chi connectivity index (χ3v) is 3.25. The van der Waals surface area contributed by atoms with Gasteiger partial charge in [-0.25, -0.2) is 0 Å². The summed E-state index contributed by atoms with van der Waals surface area (Å²) in [5.74, 6) is 0.139. The molecule has 0 saturated carbocycles. The Kier molecular flexibility index (Phi) is 3.84. The number of nitro groups is 1. The Labute approximate surface area is 118 Å². The number of carbonyl (C=O) groups is 1. The van der Waals surface area contributed by atoms with Crippen LogP contribution in [0.4, 0.5) is 5.69 Å². The molecule has 20 heavy (non-hydrogen) atoms. The maximum Gasteiger partial charge on any atom is 0.270 e. The second kappa shape index (κ2) is 5.41. The van der Waals surface area contributed by atoms with Crippen molar-refractivity contribution in [3.05, 3.63) is 57.7 Å². The van der Waals surface area contributed by atoms with Crippen molar-refractivity contribution in [2.75, 3.05) is 0 Å². The maximum absolute atomic E-state index is 11.6. The molecule has 1 aromatic carbocycles. The van der Waals surface area contributed by atoms with Gasteiger partial charge in [0.25, 0.3) is 5.69 Å². The zero-order valence-electron chi connectivity index (χ0n) is 11.6. The Bertz CT molecular complexity index is 612. The predicted octanol–water partition coefficient (Wildman–Crippen LogP) is 3.92. The quantitative estimate of drug-likeness (QED) is 0.618. The fourth-order valence-corrected chi connectivity index (χ4v) is 2.45. The van der Waals surface area contributed by atoms with Gasteiger partial charge >= 0.3 is 0 Å². The maximum atomic E-state index is 11.6. The third-order valence-electron chi connectivity index (χ3n) is 3.25. The highest BCUT2D eigenvalue weighted by Crippen LogP contribution is 2.34. The van der Waals surface area contributed by atoms with Gasteiger partial charge in [-0.1, -0.05) is 38.1 Å². The summed E-state index contributed by atoms with van der Waals surface area (Å²) in [5, 5.41) is 10.7. The van der Waals surface area contributed by atoms with Crippen molar-refractivity contribution in [2.24, 2.45) is 5.41 Å². The van der Waals surface area contributed by atoms with Crippen LogP contribution in [0.15, 0.2) is 42.0 Å². The fraction of sp³-hybridized carbons (Fsp3) is 0.312. The van der Waals surface area contributed by atoms with Crippen LogP contribution < -0.4 is 0 Å². The lowest BCUT2D eigenvalue weighted by Crippen LogP contribution is -2.21. The molecule has 0 spiro atoms. The zero-order valence-corrected chi connectivity index (χ0v) is 11.6. The lowest BCUT2D eigenvalue weighted by atomic mass is 9.77. The highest BCUT2D eigenvalue weighted by Gasteiger charge is 2.26. The van der Waals surface area contributed by atoms with Crippen LogP contribution in [0.2, 0.25) is 0 Å². The second-order valence-corrected chi connectivity index (χ2v) is 5.89. The first-order valence-corrected chi connectivity index (χ1v) is 6.52. The normalized spacial score (nSPS) is 18.1. The van der Waals surface area contributed by atoms with Crippen LogP contribution in [-0.4, -0.2) is 10.7 Å². The molecule has 0 N–H and O–H groups in total. The number of allylic oxidation sites excluding steroid dienone is 3. The molecule has 4 heteroatoms. The van der Waals surface area contributed by atoms with E-state index in [4.69, 9.17) is 0 Å². The molecule has 0 atom stereocenters. The number of benzene rings is 1. The minimum absolute atomic E-state index is 0.0197. The monoisotopic (exact) mass is 271 g/mol. The van der Waals surface area contributed by atoms with Crippen molar-refractivity contribution in [1.82, 2.24) is 0 Å². The molecule has 1 aromatic rings. The van der Waals surface area contributed by atoms with Crippen LogP contribution in [0.5, 0.6) is 0 Å². The Hall–Kier alpha value is -2.23. The predicted molar refractivity (Wildman–Crippen MR) is 78.2 cm³/mol. The molecule has 0 radical (unpaired) electrons. The molecule has 1 aliphatic carbocycles. The molecular weight excluding hydrogens is 254 g/mol. The molecule has 2 rings (SSSR count). The van der Waals surface area contributed by atoms with Crippen LogP contribution in [0.25, 0.3) is 6.08 Å². The summed E-state index contributed by atoms with van der Waals surface area (Å²) < 4.78 is 0. The van der Waals surface area contributed by atoms with Gasteiger partial charge in [-0.2, -0.15) is 0 Å². The van der Waals surface area contributed by atoms with Crippen LogP contribution in [0.3, 0.4) is 0 Å². The van der Waals surface area contributed by atoms with Crippen molar-refractivity contribution < 1.29 is 9.72 Å². The molecule has 0 bridgehead atoms. The summed E-state index contributed by atoms with van der Waals surface area (Å²) in [6, 6.07) is 6.44. The van der Waals surface area contributed by atoms with E-state index in [0.29, 0.717) is 6.42 Å². The minimum Gasteiger partial charge on any atom is -0.295 e. The second-order valence-electron chi connectivity index (χ2n) is 5.89. The SMILES string of the molecule is CC1(C)CC(=O)C=C(/C=C/c2cccc([N+](=O)[O-])c2)C1. The molecule has 104 valence electrons. The van der Waals surface area contributed by atoms with E-state index < -0.39 is 4.92 Å². The van der Waals surface area contributed by atoms with Gasteiger partial charge in [-0.15, -0.1) is 0 Å². The van der Waals surface area contributed by atoms with E-state index in [-0.39, 0.29) is 16.9 Å². The molecule has 1 aliphatic rings. The van der Waals surface area contributed by atoms with Gasteiger partial charge in [-0.05, 0) is 29.0 Å². The molecular formula is C16H17NO3. The van der Waals surface area contributed by atoms with Gasteiger partial charge in [0.15, 0.2) is 5.78 Å². The molecule has 0 heterocycles. The molecule has 0 aliphatic heterocycles. The highest BCUT2D eigenvalue weighted by atomic mass is 16.6. The first-order valence-electron chi connectivity index (χ1n) is 6.52. The van der Waals surface area contributed by atoms with Gasteiger partial charge in [0, 0.05) is 18.6 Å². The average Bonchev–Trinajstić information content (AvgIpc) is 2.34. The molecule has 0 fully saturated rings. The van der Waals surface area contributed by atoms with Crippen molar-refractivity contribution in [1.29, 1.82) is 0 Å². The number of hydrogen-bond acceptors (Lipinski definition) is 3. The van der Waals surface area contributed by atoms with Crippen LogP contribution in [-0.2, 0) is 4.79 Å². The van der Waals surface area contributed by atoms with Gasteiger partial charge < -0.3 is 0 Å². The largest absolute Gasteiger partial charge is 0.295 e. The molecule has 4 nitrogen and oxygen atoms in total. The summed E-state index contributed by atoms with van der Waals surface area (Å²) in [5.41, 5.74) is 1.78. The summed E-state index contributed by atoms with van der Waals surface area (Å²) in [6.07, 6.45) is 6.76. The van der Waals surface area contributed by atoms with E-state index in [1.165, 1.54) is 12.1 Å². The van der Waals surface area contributed by atoms with Gasteiger partial charge in [0.1, 0.15) is 0 Å². The van der Waals surface area contributed by atoms with E-state index in [0.717, 1.165) is 17.6 Å². The van der Waals surface area contributed by atoms with E-state index in [1.54, 1.807) is 18.2 Å². The number of nitrogens with zero attached hydrogens (tertiary/aromatic N) is 1. The van der Waals surface area contributed by atoms with E-state index >= 15 is 0 Å². The standard InChI is InChI=1S/C16H17NO3/c1-16(2)10-13(9-15(18)11-16)7-6-12-4-3-5-14(8-12)17(19)20/h3-9H,10-11H2,1-2H3/b7-6+. The number of ketones is 1. The van der Waals surface area contributed by atoms with E-state index in [2.05, 4.69) is 13.8 Å². The number of hydrogen-bond donors (Lipinski definition) is 0. The zero-order chi connectivity index (χ0) is 14.8. The van der Waals surface area contributed by atoms with Gasteiger partial charge in [-0.3, -0.25) is 14.9 Å². The lowest BCUT2D eigenvalue weighted by Gasteiger charge is -2.27. The molecule has 0 saturated heterocycles. The number of carbonyl (C=O) groups excluding carboxylic acids is 1. The van der Waals surface area contributed by atoms with Crippen LogP contribution in [0, 0.1) is 15.5 Å². The summed E-state index contributed by atoms with van der Waals surface area (Å²) >= 11 is 0. The van der Waals surface area contributed by atoms with Crippen molar-refractivity contribution in [3.8, 4) is 0 Å². The Balaban J connectivity index is 2.19. The Morgan fingerprint density at radius 3 is 2.65 bits per heavy atom. The topological polar surface area (TPSA) is 60.2 Å². The molecule has 0 aromatic heterocycles.